The first-order valence-corrected chi connectivity index (χ1v) is 8.20. The Morgan fingerprint density at radius 1 is 1.00 bits per heavy atom. The quantitative estimate of drug-likeness (QED) is 0.848. The number of aromatic nitrogens is 2. The number of pyridine rings is 1. The summed E-state index contributed by atoms with van der Waals surface area (Å²) in [5.41, 5.74) is 2.40. The summed E-state index contributed by atoms with van der Waals surface area (Å²) < 4.78 is 7.98. The van der Waals surface area contributed by atoms with Crippen molar-refractivity contribution in [1.29, 1.82) is 0 Å². The van der Waals surface area contributed by atoms with Crippen LogP contribution in [0.15, 0.2) is 30.5 Å². The summed E-state index contributed by atoms with van der Waals surface area (Å²) in [4.78, 5) is 7.02. The van der Waals surface area contributed by atoms with Crippen LogP contribution in [0.4, 0.5) is 0 Å². The van der Waals surface area contributed by atoms with Crippen molar-refractivity contribution >= 4 is 0 Å². The normalized spacial score (nSPS) is 15.9. The summed E-state index contributed by atoms with van der Waals surface area (Å²) in [7, 11) is 0. The number of likely N-dealkylation sites (tertiary alicyclic amines) is 1. The maximum Gasteiger partial charge on any atom is 0.137 e. The van der Waals surface area contributed by atoms with E-state index in [1.807, 2.05) is 18.3 Å². The monoisotopic (exact) mass is 299 g/mol. The van der Waals surface area contributed by atoms with Gasteiger partial charge in [-0.3, -0.25) is 4.90 Å². The van der Waals surface area contributed by atoms with Crippen LogP contribution >= 0.6 is 0 Å². The second-order valence-electron chi connectivity index (χ2n) is 6.05. The maximum atomic E-state index is 5.83. The van der Waals surface area contributed by atoms with Crippen LogP contribution in [0.5, 0.6) is 5.75 Å². The lowest BCUT2D eigenvalue weighted by Crippen LogP contribution is -2.33. The van der Waals surface area contributed by atoms with Gasteiger partial charge in [0.05, 0.1) is 6.20 Å². The lowest BCUT2D eigenvalue weighted by Gasteiger charge is -2.26. The van der Waals surface area contributed by atoms with Crippen LogP contribution in [0.25, 0.3) is 5.82 Å². The molecule has 0 aliphatic carbocycles. The average Bonchev–Trinajstić information content (AvgIpc) is 2.88. The molecule has 0 saturated carbocycles. The number of rotatable bonds is 5. The Bertz CT molecular complexity index is 578. The minimum Gasteiger partial charge on any atom is -0.491 e. The van der Waals surface area contributed by atoms with E-state index in [-0.39, 0.29) is 0 Å². The molecule has 0 aromatic carbocycles. The minimum atomic E-state index is 0.739. The van der Waals surface area contributed by atoms with Gasteiger partial charge in [0.1, 0.15) is 18.2 Å². The number of aryl methyl sites for hydroxylation is 2. The van der Waals surface area contributed by atoms with Gasteiger partial charge in [-0.05, 0) is 64.0 Å². The Labute approximate surface area is 132 Å². The van der Waals surface area contributed by atoms with E-state index in [4.69, 9.17) is 4.74 Å². The highest BCUT2D eigenvalue weighted by Gasteiger charge is 2.10. The Morgan fingerprint density at radius 3 is 2.36 bits per heavy atom. The molecule has 1 aliphatic heterocycles. The van der Waals surface area contributed by atoms with Gasteiger partial charge in [0.15, 0.2) is 0 Å². The van der Waals surface area contributed by atoms with E-state index in [2.05, 4.69) is 40.4 Å². The molecule has 3 heterocycles. The molecule has 0 spiro atoms. The largest absolute Gasteiger partial charge is 0.491 e. The molecular formula is C18H25N3O. The summed E-state index contributed by atoms with van der Waals surface area (Å²) in [6, 6.07) is 8.26. The zero-order valence-corrected chi connectivity index (χ0v) is 13.6. The molecule has 3 rings (SSSR count). The number of nitrogens with zero attached hydrogens (tertiary/aromatic N) is 3. The molecular weight excluding hydrogens is 274 g/mol. The first-order valence-electron chi connectivity index (χ1n) is 8.20. The van der Waals surface area contributed by atoms with Crippen LogP contribution in [0, 0.1) is 13.8 Å². The van der Waals surface area contributed by atoms with Crippen molar-refractivity contribution in [2.24, 2.45) is 0 Å². The summed E-state index contributed by atoms with van der Waals surface area (Å²) >= 11 is 0. The Balaban J connectivity index is 1.55. The fraction of sp³-hybridized carbons (Fsp3) is 0.500. The molecule has 0 bridgehead atoms. The fourth-order valence-corrected chi connectivity index (χ4v) is 3.10. The van der Waals surface area contributed by atoms with Gasteiger partial charge >= 0.3 is 0 Å². The van der Waals surface area contributed by atoms with Crippen molar-refractivity contribution in [1.82, 2.24) is 14.5 Å². The van der Waals surface area contributed by atoms with Gasteiger partial charge in [0, 0.05) is 17.9 Å². The van der Waals surface area contributed by atoms with Gasteiger partial charge in [-0.2, -0.15) is 0 Å². The molecule has 0 amide bonds. The van der Waals surface area contributed by atoms with E-state index in [0.29, 0.717) is 0 Å². The Morgan fingerprint density at radius 2 is 1.73 bits per heavy atom. The van der Waals surface area contributed by atoms with Crippen LogP contribution in [0.2, 0.25) is 0 Å². The molecule has 1 fully saturated rings. The van der Waals surface area contributed by atoms with Crippen molar-refractivity contribution in [2.45, 2.75) is 33.1 Å². The van der Waals surface area contributed by atoms with Gasteiger partial charge in [0.25, 0.3) is 0 Å². The highest BCUT2D eigenvalue weighted by atomic mass is 16.5. The van der Waals surface area contributed by atoms with Crippen molar-refractivity contribution in [3.05, 3.63) is 41.9 Å². The van der Waals surface area contributed by atoms with Gasteiger partial charge < -0.3 is 9.30 Å². The maximum absolute atomic E-state index is 5.83. The molecule has 0 N–H and O–H groups in total. The van der Waals surface area contributed by atoms with E-state index in [9.17, 15) is 0 Å². The highest BCUT2D eigenvalue weighted by Crippen LogP contribution is 2.17. The van der Waals surface area contributed by atoms with Crippen LogP contribution < -0.4 is 4.74 Å². The molecule has 2 aromatic heterocycles. The second kappa shape index (κ2) is 6.97. The van der Waals surface area contributed by atoms with Gasteiger partial charge in [-0.1, -0.05) is 6.42 Å². The second-order valence-corrected chi connectivity index (χ2v) is 6.05. The molecule has 118 valence electrons. The van der Waals surface area contributed by atoms with E-state index in [0.717, 1.165) is 24.7 Å². The van der Waals surface area contributed by atoms with Crippen molar-refractivity contribution < 1.29 is 4.74 Å². The van der Waals surface area contributed by atoms with Crippen molar-refractivity contribution in [2.75, 3.05) is 26.2 Å². The first-order chi connectivity index (χ1) is 10.7. The Hall–Kier alpha value is -1.81. The van der Waals surface area contributed by atoms with E-state index >= 15 is 0 Å². The molecule has 22 heavy (non-hydrogen) atoms. The number of hydrogen-bond acceptors (Lipinski definition) is 3. The van der Waals surface area contributed by atoms with Crippen molar-refractivity contribution in [3.63, 3.8) is 0 Å². The third kappa shape index (κ3) is 3.50. The van der Waals surface area contributed by atoms with Crippen LogP contribution in [-0.4, -0.2) is 40.7 Å². The molecule has 0 radical (unpaired) electrons. The smallest absolute Gasteiger partial charge is 0.137 e. The third-order valence-corrected chi connectivity index (χ3v) is 4.35. The third-order valence-electron chi connectivity index (χ3n) is 4.35. The standard InChI is InChI=1S/C18H25N3O/c1-15-6-7-16(2)21(15)18-9-8-17(14-19-18)22-13-12-20-10-4-3-5-11-20/h6-9,14H,3-5,10-13H2,1-2H3. The van der Waals surface area contributed by atoms with E-state index < -0.39 is 0 Å². The summed E-state index contributed by atoms with van der Waals surface area (Å²) in [6.45, 7) is 8.37. The average molecular weight is 299 g/mol. The molecule has 0 unspecified atom stereocenters. The summed E-state index contributed by atoms with van der Waals surface area (Å²) in [5, 5.41) is 0. The zero-order valence-electron chi connectivity index (χ0n) is 13.6. The summed E-state index contributed by atoms with van der Waals surface area (Å²) in [6.07, 6.45) is 5.85. The van der Waals surface area contributed by atoms with Gasteiger partial charge in [-0.25, -0.2) is 4.98 Å². The van der Waals surface area contributed by atoms with Crippen LogP contribution in [-0.2, 0) is 0 Å². The molecule has 4 heteroatoms. The predicted octanol–water partition coefficient (Wildman–Crippen LogP) is 3.35. The summed E-state index contributed by atoms with van der Waals surface area (Å²) in [5.74, 6) is 1.80. The SMILES string of the molecule is Cc1ccc(C)n1-c1ccc(OCCN2CCCCC2)cn1. The first kappa shape index (κ1) is 15.1. The molecule has 0 atom stereocenters. The van der Waals surface area contributed by atoms with Crippen molar-refractivity contribution in [3.8, 4) is 11.6 Å². The number of piperidine rings is 1. The van der Waals surface area contributed by atoms with Crippen LogP contribution in [0.1, 0.15) is 30.7 Å². The van der Waals surface area contributed by atoms with Gasteiger partial charge in [-0.15, -0.1) is 0 Å². The molecule has 1 saturated heterocycles. The lowest BCUT2D eigenvalue weighted by atomic mass is 10.1. The lowest BCUT2D eigenvalue weighted by molar-refractivity contribution is 0.183. The number of ether oxygens (including phenoxy) is 1. The molecule has 4 nitrogen and oxygen atoms in total. The van der Waals surface area contributed by atoms with Crippen LogP contribution in [0.3, 0.4) is 0 Å². The Kier molecular flexibility index (Phi) is 4.78. The zero-order chi connectivity index (χ0) is 15.4. The highest BCUT2D eigenvalue weighted by molar-refractivity contribution is 5.34. The molecule has 2 aromatic rings. The van der Waals surface area contributed by atoms with E-state index in [1.165, 1.54) is 43.7 Å². The van der Waals surface area contributed by atoms with E-state index in [1.54, 1.807) is 0 Å². The topological polar surface area (TPSA) is 30.3 Å². The fourth-order valence-electron chi connectivity index (χ4n) is 3.10. The minimum absolute atomic E-state index is 0.739. The molecule has 1 aliphatic rings. The van der Waals surface area contributed by atoms with Gasteiger partial charge in [0.2, 0.25) is 0 Å². The predicted molar refractivity (Wildman–Crippen MR) is 88.8 cm³/mol. The number of hydrogen-bond donors (Lipinski definition) is 0.